The molecule has 0 aliphatic heterocycles. The van der Waals surface area contributed by atoms with Crippen molar-refractivity contribution in [3.63, 3.8) is 0 Å². The Hall–Kier alpha value is -1.29. The maximum Gasteiger partial charge on any atom is 0.146 e. The number of nitrogens with one attached hydrogen (secondary N) is 1. The third-order valence-corrected chi connectivity index (χ3v) is 2.23. The Balaban J connectivity index is 2.59. The average molecular weight is 227 g/mol. The Morgan fingerprint density at radius 2 is 2.12 bits per heavy atom. The van der Waals surface area contributed by atoms with E-state index in [4.69, 9.17) is 4.74 Å². The fraction of sp³-hybridized carbons (Fsp3) is 0.500. The van der Waals surface area contributed by atoms with Crippen LogP contribution in [0.2, 0.25) is 0 Å². The van der Waals surface area contributed by atoms with E-state index in [1.54, 1.807) is 26.0 Å². The lowest BCUT2D eigenvalue weighted by Crippen LogP contribution is -2.22. The fourth-order valence-electron chi connectivity index (χ4n) is 1.27. The molecule has 0 saturated carbocycles. The van der Waals surface area contributed by atoms with E-state index in [1.165, 1.54) is 13.2 Å². The van der Waals surface area contributed by atoms with Gasteiger partial charge in [-0.05, 0) is 32.4 Å². The van der Waals surface area contributed by atoms with Crippen LogP contribution in [-0.4, -0.2) is 24.4 Å². The number of halogens is 1. The number of anilines is 1. The molecule has 1 aromatic carbocycles. The lowest BCUT2D eigenvalue weighted by Gasteiger charge is -2.17. The van der Waals surface area contributed by atoms with Crippen molar-refractivity contribution in [2.45, 2.75) is 25.9 Å². The standard InChI is InChI=1S/C12H18FNO2/c1-12(2,15)6-7-14-11-8-9(16-3)4-5-10(11)13/h4-5,8,14-15H,6-7H2,1-3H3. The van der Waals surface area contributed by atoms with Gasteiger partial charge in [0.25, 0.3) is 0 Å². The summed E-state index contributed by atoms with van der Waals surface area (Å²) < 4.78 is 18.3. The van der Waals surface area contributed by atoms with Crippen LogP contribution in [0.1, 0.15) is 20.3 Å². The highest BCUT2D eigenvalue weighted by Crippen LogP contribution is 2.21. The molecule has 1 rings (SSSR count). The molecule has 0 aromatic heterocycles. The summed E-state index contributed by atoms with van der Waals surface area (Å²) in [6.45, 7) is 3.95. The van der Waals surface area contributed by atoms with Crippen LogP contribution in [0.5, 0.6) is 5.75 Å². The molecule has 1 aromatic rings. The first-order chi connectivity index (χ1) is 7.42. The van der Waals surface area contributed by atoms with Gasteiger partial charge in [-0.2, -0.15) is 0 Å². The molecule has 0 aliphatic carbocycles. The third-order valence-electron chi connectivity index (χ3n) is 2.23. The van der Waals surface area contributed by atoms with Crippen molar-refractivity contribution in [3.05, 3.63) is 24.0 Å². The monoisotopic (exact) mass is 227 g/mol. The molecule has 0 amide bonds. The van der Waals surface area contributed by atoms with Gasteiger partial charge < -0.3 is 15.2 Å². The van der Waals surface area contributed by atoms with E-state index < -0.39 is 5.60 Å². The Kier molecular flexibility index (Phi) is 4.12. The Labute approximate surface area is 95.2 Å². The first-order valence-electron chi connectivity index (χ1n) is 5.22. The summed E-state index contributed by atoms with van der Waals surface area (Å²) in [6, 6.07) is 4.52. The molecule has 0 spiro atoms. The normalized spacial score (nSPS) is 11.3. The van der Waals surface area contributed by atoms with Gasteiger partial charge >= 0.3 is 0 Å². The highest BCUT2D eigenvalue weighted by molar-refractivity contribution is 5.49. The summed E-state index contributed by atoms with van der Waals surface area (Å²) in [5.41, 5.74) is -0.355. The van der Waals surface area contributed by atoms with E-state index in [-0.39, 0.29) is 5.82 Å². The molecule has 0 heterocycles. The molecule has 2 N–H and O–H groups in total. The van der Waals surface area contributed by atoms with Gasteiger partial charge in [0.2, 0.25) is 0 Å². The molecule has 0 aliphatic rings. The van der Waals surface area contributed by atoms with Gasteiger partial charge in [0.15, 0.2) is 0 Å². The topological polar surface area (TPSA) is 41.5 Å². The highest BCUT2D eigenvalue weighted by atomic mass is 19.1. The van der Waals surface area contributed by atoms with Gasteiger partial charge in [-0.15, -0.1) is 0 Å². The van der Waals surface area contributed by atoms with E-state index in [2.05, 4.69) is 5.32 Å². The maximum absolute atomic E-state index is 13.3. The second-order valence-corrected chi connectivity index (χ2v) is 4.33. The van der Waals surface area contributed by atoms with E-state index in [9.17, 15) is 9.50 Å². The molecule has 0 radical (unpaired) electrons. The Bertz CT molecular complexity index is 347. The van der Waals surface area contributed by atoms with Crippen LogP contribution < -0.4 is 10.1 Å². The van der Waals surface area contributed by atoms with E-state index in [1.807, 2.05) is 0 Å². The van der Waals surface area contributed by atoms with Crippen molar-refractivity contribution in [2.75, 3.05) is 19.0 Å². The van der Waals surface area contributed by atoms with Crippen LogP contribution in [0.4, 0.5) is 10.1 Å². The van der Waals surface area contributed by atoms with Gasteiger partial charge in [0.1, 0.15) is 11.6 Å². The summed E-state index contributed by atoms with van der Waals surface area (Å²) in [5, 5.41) is 12.4. The molecule has 0 unspecified atom stereocenters. The van der Waals surface area contributed by atoms with E-state index >= 15 is 0 Å². The van der Waals surface area contributed by atoms with Crippen molar-refractivity contribution in [2.24, 2.45) is 0 Å². The lowest BCUT2D eigenvalue weighted by atomic mass is 10.1. The number of benzene rings is 1. The van der Waals surface area contributed by atoms with Gasteiger partial charge in [0.05, 0.1) is 18.4 Å². The molecule has 0 saturated heterocycles. The molecule has 0 bridgehead atoms. The predicted octanol–water partition coefficient (Wildman–Crippen LogP) is 2.41. The summed E-state index contributed by atoms with van der Waals surface area (Å²) in [7, 11) is 1.54. The Morgan fingerprint density at radius 3 is 2.69 bits per heavy atom. The third kappa shape index (κ3) is 4.06. The van der Waals surface area contributed by atoms with Crippen molar-refractivity contribution in [1.29, 1.82) is 0 Å². The maximum atomic E-state index is 13.3. The number of hydrogen-bond donors (Lipinski definition) is 2. The minimum atomic E-state index is -0.748. The van der Waals surface area contributed by atoms with Gasteiger partial charge in [-0.1, -0.05) is 0 Å². The second kappa shape index (κ2) is 5.16. The van der Waals surface area contributed by atoms with Crippen LogP contribution in [0.3, 0.4) is 0 Å². The largest absolute Gasteiger partial charge is 0.497 e. The van der Waals surface area contributed by atoms with Gasteiger partial charge in [0, 0.05) is 12.6 Å². The molecule has 4 heteroatoms. The summed E-state index contributed by atoms with van der Waals surface area (Å²) in [4.78, 5) is 0. The first-order valence-corrected chi connectivity index (χ1v) is 5.22. The lowest BCUT2D eigenvalue weighted by molar-refractivity contribution is 0.0748. The number of methoxy groups -OCH3 is 1. The minimum Gasteiger partial charge on any atom is -0.497 e. The summed E-state index contributed by atoms with van der Waals surface area (Å²) >= 11 is 0. The van der Waals surface area contributed by atoms with E-state index in [0.29, 0.717) is 24.4 Å². The Morgan fingerprint density at radius 1 is 1.44 bits per heavy atom. The molecule has 16 heavy (non-hydrogen) atoms. The van der Waals surface area contributed by atoms with Crippen LogP contribution in [-0.2, 0) is 0 Å². The number of aliphatic hydroxyl groups is 1. The number of hydrogen-bond acceptors (Lipinski definition) is 3. The second-order valence-electron chi connectivity index (χ2n) is 4.33. The smallest absolute Gasteiger partial charge is 0.146 e. The van der Waals surface area contributed by atoms with Crippen molar-refractivity contribution in [3.8, 4) is 5.75 Å². The molecule has 90 valence electrons. The van der Waals surface area contributed by atoms with Gasteiger partial charge in [-0.3, -0.25) is 0 Å². The minimum absolute atomic E-state index is 0.323. The van der Waals surface area contributed by atoms with Crippen molar-refractivity contribution in [1.82, 2.24) is 0 Å². The zero-order chi connectivity index (χ0) is 12.2. The van der Waals surface area contributed by atoms with Crippen LogP contribution in [0.25, 0.3) is 0 Å². The molecular weight excluding hydrogens is 209 g/mol. The van der Waals surface area contributed by atoms with Crippen LogP contribution in [0.15, 0.2) is 18.2 Å². The average Bonchev–Trinajstić information content (AvgIpc) is 2.19. The highest BCUT2D eigenvalue weighted by Gasteiger charge is 2.12. The fourth-order valence-corrected chi connectivity index (χ4v) is 1.27. The first kappa shape index (κ1) is 12.8. The molecule has 0 fully saturated rings. The van der Waals surface area contributed by atoms with Gasteiger partial charge in [-0.25, -0.2) is 4.39 Å². The quantitative estimate of drug-likeness (QED) is 0.811. The predicted molar refractivity (Wildman–Crippen MR) is 62.4 cm³/mol. The van der Waals surface area contributed by atoms with E-state index in [0.717, 1.165) is 0 Å². The SMILES string of the molecule is COc1ccc(F)c(NCCC(C)(C)O)c1. The zero-order valence-electron chi connectivity index (χ0n) is 9.88. The molecule has 3 nitrogen and oxygen atoms in total. The van der Waals surface area contributed by atoms with Crippen LogP contribution >= 0.6 is 0 Å². The van der Waals surface area contributed by atoms with Crippen molar-refractivity contribution >= 4 is 5.69 Å². The zero-order valence-corrected chi connectivity index (χ0v) is 9.88. The number of rotatable bonds is 5. The van der Waals surface area contributed by atoms with Crippen molar-refractivity contribution < 1.29 is 14.2 Å². The summed E-state index contributed by atoms with van der Waals surface area (Å²) in [6.07, 6.45) is 0.545. The molecule has 0 atom stereocenters. The molecular formula is C12H18FNO2. The van der Waals surface area contributed by atoms with Crippen LogP contribution in [0, 0.1) is 5.82 Å². The summed E-state index contributed by atoms with van der Waals surface area (Å²) in [5.74, 6) is 0.281. The number of ether oxygens (including phenoxy) is 1.